The maximum Gasteiger partial charge on any atom is 0.231 e. The molecule has 3 N–H and O–H groups in total. The summed E-state index contributed by atoms with van der Waals surface area (Å²) in [6, 6.07) is 11.7. The molecule has 0 spiro atoms. The number of nitrogens with two attached hydrogens (primary N) is 1. The summed E-state index contributed by atoms with van der Waals surface area (Å²) in [5, 5.41) is 14.2. The van der Waals surface area contributed by atoms with Gasteiger partial charge < -0.3 is 25.1 Å². The van der Waals surface area contributed by atoms with Gasteiger partial charge in [0.25, 0.3) is 0 Å². The van der Waals surface area contributed by atoms with Crippen LogP contribution in [0.5, 0.6) is 17.2 Å². The second-order valence-corrected chi connectivity index (χ2v) is 13.4. The van der Waals surface area contributed by atoms with Crippen molar-refractivity contribution in [1.29, 1.82) is 0 Å². The SMILES string of the molecule is C[C@](O)(CCC(=O)c1ccc(OC2CC2)c(OC2CC2)c1)c1cc2c(c(-c3csc4c(F)cccc34)n1)OC[C@]2(C)C(N)=O. The molecular formula is C34H33FN2O6S. The molecule has 10 heteroatoms. The van der Waals surface area contributed by atoms with Crippen molar-refractivity contribution in [1.82, 2.24) is 4.98 Å². The van der Waals surface area contributed by atoms with Gasteiger partial charge in [-0.3, -0.25) is 9.59 Å². The second kappa shape index (κ2) is 10.6. The van der Waals surface area contributed by atoms with E-state index < -0.39 is 16.9 Å². The minimum absolute atomic E-state index is 0.0125. The number of Topliss-reactive ketones (excluding diaryl/α,β-unsaturated/α-hetero) is 1. The van der Waals surface area contributed by atoms with Crippen molar-refractivity contribution in [3.05, 3.63) is 70.5 Å². The lowest BCUT2D eigenvalue weighted by Crippen LogP contribution is -2.40. The van der Waals surface area contributed by atoms with Crippen molar-refractivity contribution >= 4 is 33.1 Å². The number of aliphatic hydroxyl groups is 1. The molecule has 2 aromatic carbocycles. The zero-order chi connectivity index (χ0) is 30.8. The van der Waals surface area contributed by atoms with E-state index >= 15 is 0 Å². The third-order valence-corrected chi connectivity index (χ3v) is 9.72. The Bertz CT molecular complexity index is 1810. The molecule has 4 aromatic rings. The number of rotatable bonds is 11. The lowest BCUT2D eigenvalue weighted by molar-refractivity contribution is -0.123. The number of amides is 1. The Morgan fingerprint density at radius 2 is 1.86 bits per heavy atom. The molecule has 2 atom stereocenters. The van der Waals surface area contributed by atoms with Crippen molar-refractivity contribution in [2.24, 2.45) is 5.73 Å². The molecule has 2 aliphatic carbocycles. The van der Waals surface area contributed by atoms with Gasteiger partial charge in [0.1, 0.15) is 34.9 Å². The molecule has 0 unspecified atom stereocenters. The fourth-order valence-electron chi connectivity index (χ4n) is 5.48. The van der Waals surface area contributed by atoms with Crippen LogP contribution in [0.15, 0.2) is 47.8 Å². The number of carbonyl (C=O) groups is 2. The first kappa shape index (κ1) is 28.7. The largest absolute Gasteiger partial charge is 0.489 e. The molecule has 228 valence electrons. The van der Waals surface area contributed by atoms with Crippen molar-refractivity contribution in [2.45, 2.75) is 75.6 Å². The standard InChI is InChI=1S/C34H33FN2O6S/c1-33(32(36)39)17-41-30-23(33)15-28(37-29(30)22-16-44-31-21(22)4-3-5-24(31)35)34(2,40)13-12-25(38)18-6-11-26(42-19-7-8-19)27(14-18)43-20-9-10-20/h3-6,11,14-16,19-20,40H,7-10,12-13,17H2,1-2H3,(H2,36,39)/t33-,34-/m0/s1. The number of thiophene rings is 1. The predicted molar refractivity (Wildman–Crippen MR) is 164 cm³/mol. The van der Waals surface area contributed by atoms with Crippen LogP contribution in [0.4, 0.5) is 4.39 Å². The lowest BCUT2D eigenvalue weighted by Gasteiger charge is -2.26. The second-order valence-electron chi connectivity index (χ2n) is 12.5. The minimum Gasteiger partial charge on any atom is -0.489 e. The minimum atomic E-state index is -1.56. The van der Waals surface area contributed by atoms with E-state index in [9.17, 15) is 19.1 Å². The molecular weight excluding hydrogens is 583 g/mol. The number of hydrogen-bond donors (Lipinski definition) is 2. The molecule has 1 amide bonds. The molecule has 8 nitrogen and oxygen atoms in total. The fourth-order valence-corrected chi connectivity index (χ4v) is 6.44. The third-order valence-electron chi connectivity index (χ3n) is 8.72. The van der Waals surface area contributed by atoms with Gasteiger partial charge in [-0.1, -0.05) is 12.1 Å². The van der Waals surface area contributed by atoms with Crippen LogP contribution in [0.3, 0.4) is 0 Å². The Morgan fingerprint density at radius 3 is 2.57 bits per heavy atom. The van der Waals surface area contributed by atoms with Crippen molar-refractivity contribution in [3.63, 3.8) is 0 Å². The summed E-state index contributed by atoms with van der Waals surface area (Å²) >= 11 is 1.24. The highest BCUT2D eigenvalue weighted by Crippen LogP contribution is 2.48. The zero-order valence-electron chi connectivity index (χ0n) is 24.5. The van der Waals surface area contributed by atoms with Gasteiger partial charge in [0.15, 0.2) is 17.3 Å². The summed E-state index contributed by atoms with van der Waals surface area (Å²) in [5.74, 6) is 0.523. The van der Waals surface area contributed by atoms with Crippen molar-refractivity contribution in [2.75, 3.05) is 6.61 Å². The number of primary amides is 1. The summed E-state index contributed by atoms with van der Waals surface area (Å²) in [6.45, 7) is 3.30. The van der Waals surface area contributed by atoms with Gasteiger partial charge in [-0.05, 0) is 76.3 Å². The van der Waals surface area contributed by atoms with Crippen molar-refractivity contribution < 1.29 is 33.3 Å². The highest BCUT2D eigenvalue weighted by molar-refractivity contribution is 7.17. The summed E-state index contributed by atoms with van der Waals surface area (Å²) in [6.07, 6.45) is 4.43. The smallest absolute Gasteiger partial charge is 0.231 e. The maximum absolute atomic E-state index is 14.6. The van der Waals surface area contributed by atoms with Gasteiger partial charge in [-0.15, -0.1) is 11.3 Å². The molecule has 2 aromatic heterocycles. The highest BCUT2D eigenvalue weighted by atomic mass is 32.1. The molecule has 1 aliphatic heterocycles. The number of carbonyl (C=O) groups excluding carboxylic acids is 2. The normalized spacial score (nSPS) is 20.5. The molecule has 2 fully saturated rings. The molecule has 0 saturated heterocycles. The number of hydrogen-bond acceptors (Lipinski definition) is 8. The van der Waals surface area contributed by atoms with Crippen LogP contribution in [0.1, 0.15) is 74.0 Å². The van der Waals surface area contributed by atoms with Crippen LogP contribution in [-0.4, -0.2) is 40.6 Å². The predicted octanol–water partition coefficient (Wildman–Crippen LogP) is 6.19. The maximum atomic E-state index is 14.6. The molecule has 0 radical (unpaired) electrons. The van der Waals surface area contributed by atoms with Gasteiger partial charge in [0.2, 0.25) is 5.91 Å². The van der Waals surface area contributed by atoms with Gasteiger partial charge in [-0.2, -0.15) is 0 Å². The molecule has 3 heterocycles. The number of ketones is 1. The van der Waals surface area contributed by atoms with Gasteiger partial charge in [0.05, 0.1) is 22.6 Å². The molecule has 3 aliphatic rings. The number of ether oxygens (including phenoxy) is 3. The van der Waals surface area contributed by atoms with Crippen molar-refractivity contribution in [3.8, 4) is 28.5 Å². The Balaban J connectivity index is 1.20. The van der Waals surface area contributed by atoms with Gasteiger partial charge in [-0.25, -0.2) is 9.37 Å². The number of nitrogens with zero attached hydrogens (tertiary/aromatic N) is 1. The van der Waals surface area contributed by atoms with Crippen LogP contribution in [0.2, 0.25) is 0 Å². The van der Waals surface area contributed by atoms with Gasteiger partial charge >= 0.3 is 0 Å². The first-order valence-corrected chi connectivity index (χ1v) is 15.8. The van der Waals surface area contributed by atoms with E-state index in [1.54, 1.807) is 55.6 Å². The van der Waals surface area contributed by atoms with E-state index in [2.05, 4.69) is 0 Å². The van der Waals surface area contributed by atoms with E-state index in [4.69, 9.17) is 24.9 Å². The summed E-state index contributed by atoms with van der Waals surface area (Å²) in [4.78, 5) is 30.8. The Morgan fingerprint density at radius 1 is 1.14 bits per heavy atom. The number of pyridine rings is 1. The molecule has 7 rings (SSSR count). The summed E-state index contributed by atoms with van der Waals surface area (Å²) < 4.78 is 33.1. The number of fused-ring (bicyclic) bond motifs is 2. The average Bonchev–Trinajstić information content (AvgIpc) is 3.92. The van der Waals surface area contributed by atoms with Gasteiger partial charge in [0, 0.05) is 33.9 Å². The quantitative estimate of drug-likeness (QED) is 0.193. The third kappa shape index (κ3) is 5.20. The highest BCUT2D eigenvalue weighted by Gasteiger charge is 2.45. The average molecular weight is 617 g/mol. The van der Waals surface area contributed by atoms with Crippen LogP contribution in [0, 0.1) is 5.82 Å². The number of aromatic nitrogens is 1. The summed E-state index contributed by atoms with van der Waals surface area (Å²) in [5.41, 5.74) is 5.36. The Kier molecular flexibility index (Phi) is 6.89. The Hall–Kier alpha value is -4.02. The van der Waals surface area contributed by atoms with E-state index in [0.29, 0.717) is 49.7 Å². The molecule has 44 heavy (non-hydrogen) atoms. The molecule has 2 saturated carbocycles. The van der Waals surface area contributed by atoms with E-state index in [-0.39, 0.29) is 49.0 Å². The zero-order valence-corrected chi connectivity index (χ0v) is 25.3. The van der Waals surface area contributed by atoms with Crippen LogP contribution in [-0.2, 0) is 15.8 Å². The summed E-state index contributed by atoms with van der Waals surface area (Å²) in [7, 11) is 0. The number of benzene rings is 2. The lowest BCUT2D eigenvalue weighted by atomic mass is 9.81. The van der Waals surface area contributed by atoms with Crippen LogP contribution in [0.25, 0.3) is 21.3 Å². The topological polar surface area (TPSA) is 121 Å². The Labute approximate surface area is 258 Å². The fraction of sp³-hybridized carbons (Fsp3) is 0.382. The van der Waals surface area contributed by atoms with E-state index in [0.717, 1.165) is 25.7 Å². The van der Waals surface area contributed by atoms with E-state index in [1.165, 1.54) is 17.4 Å². The number of halogens is 1. The van der Waals surface area contributed by atoms with Crippen LogP contribution < -0.4 is 19.9 Å². The van der Waals surface area contributed by atoms with Crippen LogP contribution >= 0.6 is 11.3 Å². The molecule has 0 bridgehead atoms. The van der Waals surface area contributed by atoms with E-state index in [1.807, 2.05) is 0 Å². The first-order valence-electron chi connectivity index (χ1n) is 14.9. The first-order chi connectivity index (χ1) is 21.0. The monoisotopic (exact) mass is 616 g/mol.